The van der Waals surface area contributed by atoms with E-state index in [-0.39, 0.29) is 6.04 Å². The van der Waals surface area contributed by atoms with Gasteiger partial charge in [-0.25, -0.2) is 0 Å². The minimum absolute atomic E-state index is 0.0267. The third-order valence-corrected chi connectivity index (χ3v) is 3.78. The standard InChI is InChI=1S/C18H21NO3/c1-20-16-5-3-2-4-14(16)12-15(19)10-13-6-7-17-18(11-13)22-9-8-21-17/h2-7,11,15H,8-10,12,19H2,1H3. The second kappa shape index (κ2) is 6.71. The molecule has 4 heteroatoms. The molecule has 2 aromatic rings. The van der Waals surface area contributed by atoms with E-state index in [2.05, 4.69) is 12.1 Å². The van der Waals surface area contributed by atoms with Crippen molar-refractivity contribution in [2.24, 2.45) is 5.73 Å². The molecule has 0 aliphatic carbocycles. The molecule has 0 amide bonds. The van der Waals surface area contributed by atoms with E-state index in [4.69, 9.17) is 19.9 Å². The van der Waals surface area contributed by atoms with E-state index in [1.807, 2.05) is 30.3 Å². The molecule has 0 aromatic heterocycles. The molecular formula is C18H21NO3. The number of methoxy groups -OCH3 is 1. The van der Waals surface area contributed by atoms with Gasteiger partial charge in [0, 0.05) is 6.04 Å². The van der Waals surface area contributed by atoms with E-state index < -0.39 is 0 Å². The zero-order chi connectivity index (χ0) is 15.4. The summed E-state index contributed by atoms with van der Waals surface area (Å²) in [6.45, 7) is 1.21. The highest BCUT2D eigenvalue weighted by molar-refractivity contribution is 5.44. The van der Waals surface area contributed by atoms with Crippen molar-refractivity contribution in [2.75, 3.05) is 20.3 Å². The van der Waals surface area contributed by atoms with Crippen molar-refractivity contribution in [3.8, 4) is 17.2 Å². The molecule has 4 nitrogen and oxygen atoms in total. The Bertz CT molecular complexity index is 642. The smallest absolute Gasteiger partial charge is 0.161 e. The van der Waals surface area contributed by atoms with Crippen LogP contribution in [0.25, 0.3) is 0 Å². The summed E-state index contributed by atoms with van der Waals surface area (Å²) < 4.78 is 16.5. The first kappa shape index (κ1) is 14.7. The molecule has 2 N–H and O–H groups in total. The second-order valence-corrected chi connectivity index (χ2v) is 5.46. The summed E-state index contributed by atoms with van der Waals surface area (Å²) in [6.07, 6.45) is 1.56. The lowest BCUT2D eigenvalue weighted by molar-refractivity contribution is 0.171. The average molecular weight is 299 g/mol. The van der Waals surface area contributed by atoms with E-state index in [1.165, 1.54) is 0 Å². The highest BCUT2D eigenvalue weighted by atomic mass is 16.6. The Morgan fingerprint density at radius 2 is 1.82 bits per heavy atom. The molecule has 22 heavy (non-hydrogen) atoms. The molecule has 0 bridgehead atoms. The van der Waals surface area contributed by atoms with Crippen molar-refractivity contribution in [3.63, 3.8) is 0 Å². The highest BCUT2D eigenvalue weighted by Crippen LogP contribution is 2.31. The number of hydrogen-bond donors (Lipinski definition) is 1. The van der Waals surface area contributed by atoms with Crippen LogP contribution < -0.4 is 19.9 Å². The zero-order valence-corrected chi connectivity index (χ0v) is 12.7. The van der Waals surface area contributed by atoms with Crippen LogP contribution in [0, 0.1) is 0 Å². The van der Waals surface area contributed by atoms with Crippen molar-refractivity contribution >= 4 is 0 Å². The lowest BCUT2D eigenvalue weighted by atomic mass is 9.99. The van der Waals surface area contributed by atoms with Crippen molar-refractivity contribution in [2.45, 2.75) is 18.9 Å². The molecule has 3 rings (SSSR count). The number of rotatable bonds is 5. The first-order chi connectivity index (χ1) is 10.8. The number of hydrogen-bond acceptors (Lipinski definition) is 4. The maximum atomic E-state index is 6.31. The van der Waals surface area contributed by atoms with Crippen LogP contribution >= 0.6 is 0 Å². The number of benzene rings is 2. The van der Waals surface area contributed by atoms with Gasteiger partial charge in [-0.05, 0) is 42.2 Å². The molecule has 0 radical (unpaired) electrons. The van der Waals surface area contributed by atoms with Crippen molar-refractivity contribution in [1.82, 2.24) is 0 Å². The van der Waals surface area contributed by atoms with Crippen LogP contribution in [0.5, 0.6) is 17.2 Å². The third kappa shape index (κ3) is 3.34. The minimum atomic E-state index is 0.0267. The van der Waals surface area contributed by atoms with Gasteiger partial charge in [-0.1, -0.05) is 24.3 Å². The first-order valence-electron chi connectivity index (χ1n) is 7.52. The summed E-state index contributed by atoms with van der Waals surface area (Å²) in [6, 6.07) is 14.1. The van der Waals surface area contributed by atoms with Crippen LogP contribution in [0.4, 0.5) is 0 Å². The maximum Gasteiger partial charge on any atom is 0.161 e. The van der Waals surface area contributed by atoms with E-state index in [1.54, 1.807) is 7.11 Å². The quantitative estimate of drug-likeness (QED) is 0.922. The zero-order valence-electron chi connectivity index (χ0n) is 12.7. The molecule has 1 aliphatic rings. The van der Waals surface area contributed by atoms with Gasteiger partial charge in [0.05, 0.1) is 7.11 Å². The van der Waals surface area contributed by atoms with Gasteiger partial charge in [0.1, 0.15) is 19.0 Å². The van der Waals surface area contributed by atoms with E-state index >= 15 is 0 Å². The molecular weight excluding hydrogens is 278 g/mol. The monoisotopic (exact) mass is 299 g/mol. The third-order valence-electron chi connectivity index (χ3n) is 3.78. The van der Waals surface area contributed by atoms with Crippen LogP contribution in [0.2, 0.25) is 0 Å². The Hall–Kier alpha value is -2.20. The Labute approximate surface area is 130 Å². The van der Waals surface area contributed by atoms with Crippen LogP contribution in [-0.2, 0) is 12.8 Å². The molecule has 116 valence electrons. The fourth-order valence-corrected chi connectivity index (χ4v) is 2.74. The van der Waals surface area contributed by atoms with Crippen molar-refractivity contribution < 1.29 is 14.2 Å². The molecule has 1 heterocycles. The topological polar surface area (TPSA) is 53.7 Å². The van der Waals surface area contributed by atoms with E-state index in [0.29, 0.717) is 13.2 Å². The molecule has 2 aromatic carbocycles. The number of fused-ring (bicyclic) bond motifs is 1. The van der Waals surface area contributed by atoms with Crippen molar-refractivity contribution in [1.29, 1.82) is 0 Å². The SMILES string of the molecule is COc1ccccc1CC(N)Cc1ccc2c(c1)OCCO2. The van der Waals surface area contributed by atoms with Crippen LogP contribution in [0.15, 0.2) is 42.5 Å². The Kier molecular flexibility index (Phi) is 4.49. The Balaban J connectivity index is 1.67. The largest absolute Gasteiger partial charge is 0.496 e. The predicted octanol–water partition coefficient (Wildman–Crippen LogP) is 2.58. The number of nitrogens with two attached hydrogens (primary N) is 1. The van der Waals surface area contributed by atoms with Gasteiger partial charge in [0.2, 0.25) is 0 Å². The normalized spacial score (nSPS) is 14.5. The lowest BCUT2D eigenvalue weighted by Gasteiger charge is -2.20. The van der Waals surface area contributed by atoms with Crippen LogP contribution in [0.3, 0.4) is 0 Å². The highest BCUT2D eigenvalue weighted by Gasteiger charge is 2.14. The molecule has 0 saturated heterocycles. The van der Waals surface area contributed by atoms with Gasteiger partial charge < -0.3 is 19.9 Å². The molecule has 0 fully saturated rings. The molecule has 1 atom stereocenters. The summed E-state index contributed by atoms with van der Waals surface area (Å²) >= 11 is 0. The van der Waals surface area contributed by atoms with Gasteiger partial charge in [-0.15, -0.1) is 0 Å². The van der Waals surface area contributed by atoms with E-state index in [9.17, 15) is 0 Å². The predicted molar refractivity (Wildman–Crippen MR) is 85.8 cm³/mol. The average Bonchev–Trinajstić information content (AvgIpc) is 2.55. The molecule has 0 saturated carbocycles. The fourth-order valence-electron chi connectivity index (χ4n) is 2.74. The summed E-state index contributed by atoms with van der Waals surface area (Å²) in [5.41, 5.74) is 8.60. The van der Waals surface area contributed by atoms with Crippen molar-refractivity contribution in [3.05, 3.63) is 53.6 Å². The lowest BCUT2D eigenvalue weighted by Crippen LogP contribution is -2.26. The summed E-state index contributed by atoms with van der Waals surface area (Å²) in [4.78, 5) is 0. The van der Waals surface area contributed by atoms with Crippen LogP contribution in [-0.4, -0.2) is 26.4 Å². The van der Waals surface area contributed by atoms with Gasteiger partial charge >= 0.3 is 0 Å². The summed E-state index contributed by atoms with van der Waals surface area (Å²) in [7, 11) is 1.69. The summed E-state index contributed by atoms with van der Waals surface area (Å²) in [5, 5.41) is 0. The number of para-hydroxylation sites is 1. The van der Waals surface area contributed by atoms with Gasteiger partial charge in [0.15, 0.2) is 11.5 Å². The molecule has 1 aliphatic heterocycles. The second-order valence-electron chi connectivity index (χ2n) is 5.46. The molecule has 0 spiro atoms. The molecule has 1 unspecified atom stereocenters. The first-order valence-corrected chi connectivity index (χ1v) is 7.52. The summed E-state index contributed by atoms with van der Waals surface area (Å²) in [5.74, 6) is 2.52. The van der Waals surface area contributed by atoms with E-state index in [0.717, 1.165) is 41.2 Å². The number of ether oxygens (including phenoxy) is 3. The Morgan fingerprint density at radius 3 is 2.64 bits per heavy atom. The van der Waals surface area contributed by atoms with Gasteiger partial charge in [-0.3, -0.25) is 0 Å². The van der Waals surface area contributed by atoms with Crippen LogP contribution in [0.1, 0.15) is 11.1 Å². The Morgan fingerprint density at radius 1 is 1.05 bits per heavy atom. The minimum Gasteiger partial charge on any atom is -0.496 e. The van der Waals surface area contributed by atoms with Gasteiger partial charge in [0.25, 0.3) is 0 Å². The maximum absolute atomic E-state index is 6.31. The fraction of sp³-hybridized carbons (Fsp3) is 0.333. The van der Waals surface area contributed by atoms with Gasteiger partial charge in [-0.2, -0.15) is 0 Å².